The van der Waals surface area contributed by atoms with Crippen molar-refractivity contribution in [3.05, 3.63) is 99.6 Å². The Bertz CT molecular complexity index is 1390. The van der Waals surface area contributed by atoms with Crippen molar-refractivity contribution in [1.29, 1.82) is 0 Å². The Kier molecular flexibility index (Phi) is 9.44. The predicted molar refractivity (Wildman–Crippen MR) is 164 cm³/mol. The fourth-order valence-electron chi connectivity index (χ4n) is 6.76. The van der Waals surface area contributed by atoms with E-state index in [1.807, 2.05) is 70.2 Å². The van der Waals surface area contributed by atoms with Crippen LogP contribution in [0, 0.1) is 19.8 Å². The Hall–Kier alpha value is -3.48. The molecule has 0 aromatic heterocycles. The van der Waals surface area contributed by atoms with Gasteiger partial charge in [0.2, 0.25) is 0 Å². The molecule has 0 radical (unpaired) electrons. The minimum atomic E-state index is -0.832. The Balaban J connectivity index is 1.42. The molecule has 1 fully saturated rings. The first-order valence-electron chi connectivity index (χ1n) is 15.2. The molecular weight excluding hydrogens is 526 g/mol. The lowest BCUT2D eigenvalue weighted by Crippen LogP contribution is -2.33. The van der Waals surface area contributed by atoms with Crippen LogP contribution in [0.15, 0.2) is 60.7 Å². The fraction of sp³-hybridized carbons (Fsp3) is 0.444. The molecule has 1 saturated heterocycles. The second-order valence-electron chi connectivity index (χ2n) is 12.1. The average molecular weight is 570 g/mol. The summed E-state index contributed by atoms with van der Waals surface area (Å²) in [5.41, 5.74) is 7.92. The first-order chi connectivity index (χ1) is 20.2. The van der Waals surface area contributed by atoms with Crippen LogP contribution in [0.1, 0.15) is 71.2 Å². The van der Waals surface area contributed by atoms with E-state index in [-0.39, 0.29) is 24.3 Å². The van der Waals surface area contributed by atoms with Crippen LogP contribution in [-0.2, 0) is 33.6 Å². The van der Waals surface area contributed by atoms with E-state index in [1.165, 1.54) is 11.1 Å². The molecule has 1 aliphatic carbocycles. The van der Waals surface area contributed by atoms with Crippen molar-refractivity contribution < 1.29 is 24.2 Å². The van der Waals surface area contributed by atoms with Crippen LogP contribution in [0.5, 0.6) is 5.75 Å². The highest BCUT2D eigenvalue weighted by atomic mass is 16.5. The number of carbonyl (C=O) groups is 2. The van der Waals surface area contributed by atoms with Crippen molar-refractivity contribution in [3.63, 3.8) is 0 Å². The molecule has 2 aliphatic rings. The number of carboxylic acid groups (broad SMARTS) is 1. The third-order valence-electron chi connectivity index (χ3n) is 8.86. The standard InChI is InChI=1S/C36H43NO5/c1-23(2)41-17-18-42-31-15-13-27(14-16-31)35-34(36(39)40)33(29-12-11-26-9-6-10-28(26)19-29)22-37(35)21-30(38)20-32-24(3)7-5-8-25(32)4/h5,7-8,11-16,19,23,33-35H,6,9-10,17-18,20-22H2,1-4H3,(H,39,40)/t33-,34-,35+/m1/s1. The second-order valence-corrected chi connectivity index (χ2v) is 12.1. The van der Waals surface area contributed by atoms with Crippen LogP contribution < -0.4 is 4.74 Å². The zero-order valence-corrected chi connectivity index (χ0v) is 25.3. The van der Waals surface area contributed by atoms with E-state index < -0.39 is 17.9 Å². The molecular formula is C36H43NO5. The van der Waals surface area contributed by atoms with Crippen molar-refractivity contribution in [2.24, 2.45) is 5.92 Å². The van der Waals surface area contributed by atoms with E-state index in [1.54, 1.807) is 0 Å². The molecule has 6 nitrogen and oxygen atoms in total. The highest BCUT2D eigenvalue weighted by Crippen LogP contribution is 2.46. The quantitative estimate of drug-likeness (QED) is 0.260. The normalized spacial score (nSPS) is 20.2. The van der Waals surface area contributed by atoms with Crippen molar-refractivity contribution in [2.75, 3.05) is 26.3 Å². The number of carbonyl (C=O) groups excluding carboxylic acids is 1. The molecule has 3 atom stereocenters. The number of likely N-dealkylation sites (tertiary alicyclic amines) is 1. The SMILES string of the molecule is Cc1cccc(C)c1CC(=O)CN1C[C@H](c2ccc3c(c2)CCC3)[C@@H](C(=O)O)[C@@H]1c1ccc(OCCOC(C)C)cc1. The maximum Gasteiger partial charge on any atom is 0.309 e. The first-order valence-corrected chi connectivity index (χ1v) is 15.2. The second kappa shape index (κ2) is 13.2. The molecule has 42 heavy (non-hydrogen) atoms. The van der Waals surface area contributed by atoms with Gasteiger partial charge < -0.3 is 14.6 Å². The lowest BCUT2D eigenvalue weighted by Gasteiger charge is -2.27. The number of carboxylic acids is 1. The van der Waals surface area contributed by atoms with E-state index >= 15 is 0 Å². The van der Waals surface area contributed by atoms with Gasteiger partial charge in [0, 0.05) is 24.9 Å². The van der Waals surface area contributed by atoms with Crippen molar-refractivity contribution in [2.45, 2.75) is 71.4 Å². The summed E-state index contributed by atoms with van der Waals surface area (Å²) in [5, 5.41) is 10.6. The van der Waals surface area contributed by atoms with Crippen LogP contribution in [-0.4, -0.2) is 54.2 Å². The molecule has 0 amide bonds. The van der Waals surface area contributed by atoms with Gasteiger partial charge in [-0.1, -0.05) is 48.5 Å². The number of ketones is 1. The summed E-state index contributed by atoms with van der Waals surface area (Å²) < 4.78 is 11.4. The number of Topliss-reactive ketones (excluding diaryl/α,β-unsaturated/α-hetero) is 1. The summed E-state index contributed by atoms with van der Waals surface area (Å²) in [5.74, 6) is -0.912. The van der Waals surface area contributed by atoms with Gasteiger partial charge in [0.05, 0.1) is 25.2 Å². The highest BCUT2D eigenvalue weighted by Gasteiger charge is 2.47. The topological polar surface area (TPSA) is 76.1 Å². The van der Waals surface area contributed by atoms with Gasteiger partial charge in [0.25, 0.3) is 0 Å². The first kappa shape index (κ1) is 30.0. The summed E-state index contributed by atoms with van der Waals surface area (Å²) in [7, 11) is 0. The van der Waals surface area contributed by atoms with Gasteiger partial charge >= 0.3 is 5.97 Å². The monoisotopic (exact) mass is 569 g/mol. The Labute approximate surface area is 249 Å². The lowest BCUT2D eigenvalue weighted by molar-refractivity contribution is -0.143. The van der Waals surface area contributed by atoms with Gasteiger partial charge in [-0.25, -0.2) is 0 Å². The van der Waals surface area contributed by atoms with E-state index in [0.29, 0.717) is 31.9 Å². The van der Waals surface area contributed by atoms with Crippen LogP contribution in [0.3, 0.4) is 0 Å². The van der Waals surface area contributed by atoms with Gasteiger partial charge in [-0.3, -0.25) is 14.5 Å². The molecule has 5 rings (SSSR count). The van der Waals surface area contributed by atoms with Gasteiger partial charge in [0.1, 0.15) is 12.4 Å². The third kappa shape index (κ3) is 6.77. The minimum absolute atomic E-state index is 0.0984. The molecule has 0 unspecified atom stereocenters. The summed E-state index contributed by atoms with van der Waals surface area (Å²) in [6.45, 7) is 9.72. The summed E-state index contributed by atoms with van der Waals surface area (Å²) in [6.07, 6.45) is 3.76. The van der Waals surface area contributed by atoms with E-state index in [4.69, 9.17) is 9.47 Å². The number of benzene rings is 3. The van der Waals surface area contributed by atoms with Crippen LogP contribution in [0.25, 0.3) is 0 Å². The number of hydrogen-bond acceptors (Lipinski definition) is 5. The van der Waals surface area contributed by atoms with Crippen molar-refractivity contribution >= 4 is 11.8 Å². The van der Waals surface area contributed by atoms with Crippen LogP contribution >= 0.6 is 0 Å². The molecule has 222 valence electrons. The molecule has 1 aliphatic heterocycles. The van der Waals surface area contributed by atoms with Crippen LogP contribution in [0.4, 0.5) is 0 Å². The van der Waals surface area contributed by atoms with E-state index in [2.05, 4.69) is 23.1 Å². The number of aryl methyl sites for hydroxylation is 4. The Morgan fingerprint density at radius 2 is 1.62 bits per heavy atom. The third-order valence-corrected chi connectivity index (χ3v) is 8.86. The van der Waals surface area contributed by atoms with E-state index in [0.717, 1.165) is 47.1 Å². The molecule has 1 heterocycles. The number of nitrogens with zero attached hydrogens (tertiary/aromatic N) is 1. The molecule has 0 saturated carbocycles. The summed E-state index contributed by atoms with van der Waals surface area (Å²) in [4.78, 5) is 28.6. The molecule has 3 aromatic rings. The minimum Gasteiger partial charge on any atom is -0.491 e. The maximum absolute atomic E-state index is 13.6. The Morgan fingerprint density at radius 1 is 0.929 bits per heavy atom. The molecule has 6 heteroatoms. The Morgan fingerprint density at radius 3 is 2.31 bits per heavy atom. The smallest absolute Gasteiger partial charge is 0.309 e. The van der Waals surface area contributed by atoms with Gasteiger partial charge in [-0.15, -0.1) is 0 Å². The maximum atomic E-state index is 13.6. The number of aliphatic carboxylic acids is 1. The molecule has 3 aromatic carbocycles. The summed E-state index contributed by atoms with van der Waals surface area (Å²) >= 11 is 0. The largest absolute Gasteiger partial charge is 0.491 e. The lowest BCUT2D eigenvalue weighted by atomic mass is 9.82. The van der Waals surface area contributed by atoms with Gasteiger partial charge in [0.15, 0.2) is 5.78 Å². The molecule has 0 bridgehead atoms. The van der Waals surface area contributed by atoms with Crippen molar-refractivity contribution in [1.82, 2.24) is 4.90 Å². The average Bonchev–Trinajstić information content (AvgIpc) is 3.58. The number of rotatable bonds is 12. The molecule has 0 spiro atoms. The summed E-state index contributed by atoms with van der Waals surface area (Å²) in [6, 6.07) is 19.9. The molecule has 1 N–H and O–H groups in total. The van der Waals surface area contributed by atoms with E-state index in [9.17, 15) is 14.7 Å². The predicted octanol–water partition coefficient (Wildman–Crippen LogP) is 6.25. The fourth-order valence-corrected chi connectivity index (χ4v) is 6.76. The number of fused-ring (bicyclic) bond motifs is 1. The highest BCUT2D eigenvalue weighted by molar-refractivity contribution is 5.84. The number of hydrogen-bond donors (Lipinski definition) is 1. The zero-order valence-electron chi connectivity index (χ0n) is 25.3. The number of ether oxygens (including phenoxy) is 2. The van der Waals surface area contributed by atoms with Crippen molar-refractivity contribution in [3.8, 4) is 5.75 Å². The zero-order chi connectivity index (χ0) is 29.8. The van der Waals surface area contributed by atoms with Crippen LogP contribution in [0.2, 0.25) is 0 Å². The van der Waals surface area contributed by atoms with Gasteiger partial charge in [-0.2, -0.15) is 0 Å². The van der Waals surface area contributed by atoms with Gasteiger partial charge in [-0.05, 0) is 98.0 Å².